The van der Waals surface area contributed by atoms with Gasteiger partial charge in [0.1, 0.15) is 11.5 Å². The van der Waals surface area contributed by atoms with Crippen molar-refractivity contribution in [1.29, 1.82) is 0 Å². The van der Waals surface area contributed by atoms with Gasteiger partial charge in [-0.05, 0) is 47.0 Å². The van der Waals surface area contributed by atoms with Gasteiger partial charge in [-0.25, -0.2) is 4.98 Å². The first-order valence-electron chi connectivity index (χ1n) is 9.01. The summed E-state index contributed by atoms with van der Waals surface area (Å²) in [4.78, 5) is 4.88. The van der Waals surface area contributed by atoms with E-state index in [2.05, 4.69) is 0 Å². The molecule has 0 amide bonds. The summed E-state index contributed by atoms with van der Waals surface area (Å²) in [7, 11) is 0. The number of benzene rings is 3. The Bertz CT molecular complexity index is 1230. The Morgan fingerprint density at radius 2 is 1.57 bits per heavy atom. The molecule has 0 bridgehead atoms. The number of hydrogen-bond acceptors (Lipinski definition) is 3. The van der Waals surface area contributed by atoms with Crippen LogP contribution >= 0.6 is 11.6 Å². The monoisotopic (exact) mass is 385 g/mol. The molecule has 4 aromatic rings. The van der Waals surface area contributed by atoms with Crippen LogP contribution in [0.1, 0.15) is 11.1 Å². The molecule has 0 fully saturated rings. The van der Waals surface area contributed by atoms with Crippen LogP contribution < -0.4 is 0 Å². The first kappa shape index (κ1) is 16.8. The van der Waals surface area contributed by atoms with Gasteiger partial charge < -0.3 is 10.2 Å². The van der Waals surface area contributed by atoms with Crippen LogP contribution in [0, 0.1) is 0 Å². The maximum Gasteiger partial charge on any atom is 0.125 e. The summed E-state index contributed by atoms with van der Waals surface area (Å²) in [5, 5.41) is 21.6. The van der Waals surface area contributed by atoms with E-state index in [4.69, 9.17) is 16.6 Å². The van der Waals surface area contributed by atoms with Gasteiger partial charge in [-0.2, -0.15) is 0 Å². The van der Waals surface area contributed by atoms with Crippen LogP contribution in [0.3, 0.4) is 0 Å². The molecule has 136 valence electrons. The van der Waals surface area contributed by atoms with E-state index in [9.17, 15) is 10.2 Å². The van der Waals surface area contributed by atoms with Crippen LogP contribution in [-0.4, -0.2) is 15.2 Å². The topological polar surface area (TPSA) is 53.4 Å². The minimum Gasteiger partial charge on any atom is -0.507 e. The number of rotatable bonds is 2. The summed E-state index contributed by atoms with van der Waals surface area (Å²) < 4.78 is 0. The van der Waals surface area contributed by atoms with E-state index in [1.165, 1.54) is 0 Å². The zero-order valence-electron chi connectivity index (χ0n) is 14.9. The van der Waals surface area contributed by atoms with Gasteiger partial charge >= 0.3 is 0 Å². The molecule has 5 rings (SSSR count). The maximum absolute atomic E-state index is 10.5. The van der Waals surface area contributed by atoms with Crippen LogP contribution in [-0.2, 0) is 6.42 Å². The number of para-hydroxylation sites is 1. The van der Waals surface area contributed by atoms with Gasteiger partial charge in [-0.15, -0.1) is 0 Å². The molecule has 0 atom stereocenters. The highest BCUT2D eigenvalue weighted by atomic mass is 35.5. The van der Waals surface area contributed by atoms with Gasteiger partial charge in [-0.3, -0.25) is 0 Å². The third-order valence-electron chi connectivity index (χ3n) is 5.17. The quantitative estimate of drug-likeness (QED) is 0.389. The number of aromatic hydroxyl groups is 2. The predicted octanol–water partition coefficient (Wildman–Crippen LogP) is 6.05. The number of pyridine rings is 1. The fourth-order valence-corrected chi connectivity index (χ4v) is 4.08. The van der Waals surface area contributed by atoms with Crippen molar-refractivity contribution in [1.82, 2.24) is 4.98 Å². The molecule has 0 aliphatic heterocycles. The molecule has 3 aromatic carbocycles. The average molecular weight is 386 g/mol. The number of nitrogens with zero attached hydrogens (tertiary/aromatic N) is 1. The van der Waals surface area contributed by atoms with E-state index in [1.54, 1.807) is 18.2 Å². The van der Waals surface area contributed by atoms with E-state index < -0.39 is 0 Å². The Morgan fingerprint density at radius 3 is 2.39 bits per heavy atom. The minimum absolute atomic E-state index is 0.216. The van der Waals surface area contributed by atoms with Crippen LogP contribution in [0.2, 0.25) is 5.02 Å². The maximum atomic E-state index is 10.5. The van der Waals surface area contributed by atoms with Crippen molar-refractivity contribution in [3.8, 4) is 45.1 Å². The van der Waals surface area contributed by atoms with Crippen molar-refractivity contribution in [3.63, 3.8) is 0 Å². The molecule has 0 unspecified atom stereocenters. The third-order valence-corrected chi connectivity index (χ3v) is 5.41. The lowest BCUT2D eigenvalue weighted by atomic mass is 9.95. The SMILES string of the molecule is Oc1ccccc1-c1cc(-c2cccc(Cl)c2)nc2c1Cc1cccc(O)c1-2. The summed E-state index contributed by atoms with van der Waals surface area (Å²) in [6, 6.07) is 22.3. The molecule has 3 nitrogen and oxygen atoms in total. The first-order valence-corrected chi connectivity index (χ1v) is 9.39. The summed E-state index contributed by atoms with van der Waals surface area (Å²) >= 11 is 6.19. The normalized spacial score (nSPS) is 11.9. The van der Waals surface area contributed by atoms with E-state index in [0.29, 0.717) is 11.4 Å². The molecule has 2 N–H and O–H groups in total. The van der Waals surface area contributed by atoms with Crippen molar-refractivity contribution >= 4 is 11.6 Å². The highest BCUT2D eigenvalue weighted by Crippen LogP contribution is 2.47. The van der Waals surface area contributed by atoms with Gasteiger partial charge in [0.05, 0.1) is 11.4 Å². The smallest absolute Gasteiger partial charge is 0.125 e. The van der Waals surface area contributed by atoms with Gasteiger partial charge in [0.2, 0.25) is 0 Å². The first-order chi connectivity index (χ1) is 13.6. The molecule has 1 aliphatic rings. The molecule has 0 spiro atoms. The Labute approximate surface area is 167 Å². The van der Waals surface area contributed by atoms with Crippen molar-refractivity contribution in [3.05, 3.63) is 88.9 Å². The lowest BCUT2D eigenvalue weighted by Gasteiger charge is -2.13. The number of halogens is 1. The predicted molar refractivity (Wildman–Crippen MR) is 112 cm³/mol. The highest BCUT2D eigenvalue weighted by molar-refractivity contribution is 6.30. The lowest BCUT2D eigenvalue weighted by molar-refractivity contribution is 0.476. The second-order valence-corrected chi connectivity index (χ2v) is 7.33. The van der Waals surface area contributed by atoms with E-state index in [0.717, 1.165) is 44.8 Å². The zero-order valence-corrected chi connectivity index (χ0v) is 15.6. The molecule has 4 heteroatoms. The Kier molecular flexibility index (Phi) is 3.85. The fourth-order valence-electron chi connectivity index (χ4n) is 3.89. The molecule has 0 saturated carbocycles. The molecule has 1 aromatic heterocycles. The summed E-state index contributed by atoms with van der Waals surface area (Å²) in [5.41, 5.74) is 6.84. The minimum atomic E-state index is 0.216. The zero-order chi connectivity index (χ0) is 19.3. The van der Waals surface area contributed by atoms with Gasteiger partial charge in [0, 0.05) is 28.1 Å². The number of phenols is 2. The Morgan fingerprint density at radius 1 is 0.786 bits per heavy atom. The molecular formula is C24H16ClNO2. The molecule has 28 heavy (non-hydrogen) atoms. The van der Waals surface area contributed by atoms with Crippen molar-refractivity contribution < 1.29 is 10.2 Å². The number of phenolic OH excluding ortho intramolecular Hbond substituents is 2. The Balaban J connectivity index is 1.83. The van der Waals surface area contributed by atoms with Crippen molar-refractivity contribution in [2.24, 2.45) is 0 Å². The standard InChI is InChI=1S/C24H16ClNO2/c25-16-7-3-5-14(11-16)20-13-18(17-8-1-2-9-21(17)27)19-12-15-6-4-10-22(28)23(15)24(19)26-20/h1-11,13,27-28H,12H2. The van der Waals surface area contributed by atoms with Gasteiger partial charge in [0.25, 0.3) is 0 Å². The summed E-state index contributed by atoms with van der Waals surface area (Å²) in [6.45, 7) is 0. The van der Waals surface area contributed by atoms with Crippen LogP contribution in [0.25, 0.3) is 33.6 Å². The molecular weight excluding hydrogens is 370 g/mol. The van der Waals surface area contributed by atoms with Crippen molar-refractivity contribution in [2.45, 2.75) is 6.42 Å². The van der Waals surface area contributed by atoms with E-state index in [-0.39, 0.29) is 11.5 Å². The average Bonchev–Trinajstić information content (AvgIpc) is 3.08. The second-order valence-electron chi connectivity index (χ2n) is 6.90. The van der Waals surface area contributed by atoms with Crippen LogP contribution in [0.15, 0.2) is 72.8 Å². The summed E-state index contributed by atoms with van der Waals surface area (Å²) in [6.07, 6.45) is 0.658. The second kappa shape index (κ2) is 6.39. The summed E-state index contributed by atoms with van der Waals surface area (Å²) in [5.74, 6) is 0.434. The molecule has 0 radical (unpaired) electrons. The van der Waals surface area contributed by atoms with Gasteiger partial charge in [0.15, 0.2) is 0 Å². The van der Waals surface area contributed by atoms with E-state index in [1.807, 2.05) is 54.6 Å². The number of fused-ring (bicyclic) bond motifs is 3. The van der Waals surface area contributed by atoms with Crippen LogP contribution in [0.5, 0.6) is 11.5 Å². The molecule has 1 aliphatic carbocycles. The number of hydrogen-bond donors (Lipinski definition) is 2. The molecule has 1 heterocycles. The van der Waals surface area contributed by atoms with Crippen molar-refractivity contribution in [2.75, 3.05) is 0 Å². The Hall–Kier alpha value is -3.30. The molecule has 0 saturated heterocycles. The largest absolute Gasteiger partial charge is 0.507 e. The fraction of sp³-hybridized carbons (Fsp3) is 0.0417. The highest BCUT2D eigenvalue weighted by Gasteiger charge is 2.27. The lowest BCUT2D eigenvalue weighted by Crippen LogP contribution is -1.95. The third kappa shape index (κ3) is 2.63. The van der Waals surface area contributed by atoms with E-state index >= 15 is 0 Å². The van der Waals surface area contributed by atoms with Gasteiger partial charge in [-0.1, -0.05) is 54.1 Å². The van der Waals surface area contributed by atoms with Crippen LogP contribution in [0.4, 0.5) is 0 Å². The number of aromatic nitrogens is 1.